The first-order valence-electron chi connectivity index (χ1n) is 11.6. The molecule has 7 aromatic rings. The van der Waals surface area contributed by atoms with Crippen molar-refractivity contribution < 1.29 is 4.42 Å². The van der Waals surface area contributed by atoms with Crippen molar-refractivity contribution in [1.82, 2.24) is 4.98 Å². The van der Waals surface area contributed by atoms with E-state index in [9.17, 15) is 0 Å². The van der Waals surface area contributed by atoms with Crippen LogP contribution < -0.4 is 0 Å². The Bertz CT molecular complexity index is 1860. The Balaban J connectivity index is 1.61. The Morgan fingerprint density at radius 1 is 0.618 bits per heavy atom. The standard InChI is InChI=1S/C32H21NO/c1-20-17-26-24-13-7-8-14-30(24)34-32(26)27(18-20)29-19-25(21-9-3-2-4-10-21)31-23-12-6-5-11-22(23)15-16-28(31)33-29/h2-19H,1H3. The molecule has 0 N–H and O–H groups in total. The fourth-order valence-corrected chi connectivity index (χ4v) is 5.15. The molecule has 0 aliphatic heterocycles. The highest BCUT2D eigenvalue weighted by molar-refractivity contribution is 6.15. The van der Waals surface area contributed by atoms with E-state index in [0.717, 1.165) is 38.7 Å². The summed E-state index contributed by atoms with van der Waals surface area (Å²) in [6, 6.07) is 38.3. The molecule has 2 heterocycles. The largest absolute Gasteiger partial charge is 0.455 e. The summed E-state index contributed by atoms with van der Waals surface area (Å²) in [6.07, 6.45) is 0. The Hall–Kier alpha value is -4.43. The molecular formula is C32H21NO. The van der Waals surface area contributed by atoms with E-state index in [1.807, 2.05) is 12.1 Å². The first kappa shape index (κ1) is 19.1. The highest BCUT2D eigenvalue weighted by atomic mass is 16.3. The van der Waals surface area contributed by atoms with E-state index in [0.29, 0.717) is 0 Å². The van der Waals surface area contributed by atoms with Crippen molar-refractivity contribution in [2.45, 2.75) is 6.92 Å². The molecule has 0 spiro atoms. The lowest BCUT2D eigenvalue weighted by Crippen LogP contribution is -1.92. The van der Waals surface area contributed by atoms with Crippen molar-refractivity contribution >= 4 is 43.6 Å². The zero-order valence-electron chi connectivity index (χ0n) is 18.7. The van der Waals surface area contributed by atoms with Gasteiger partial charge in [0.1, 0.15) is 11.2 Å². The maximum Gasteiger partial charge on any atom is 0.144 e. The molecule has 34 heavy (non-hydrogen) atoms. The number of para-hydroxylation sites is 1. The van der Waals surface area contributed by atoms with Gasteiger partial charge in [0.05, 0.1) is 11.2 Å². The molecule has 7 rings (SSSR count). The van der Waals surface area contributed by atoms with Gasteiger partial charge >= 0.3 is 0 Å². The molecule has 0 aliphatic carbocycles. The monoisotopic (exact) mass is 435 g/mol. The molecule has 2 aromatic heterocycles. The molecule has 0 atom stereocenters. The van der Waals surface area contributed by atoms with Gasteiger partial charge in [0.15, 0.2) is 0 Å². The lowest BCUT2D eigenvalue weighted by molar-refractivity contribution is 0.670. The second kappa shape index (κ2) is 7.29. The minimum Gasteiger partial charge on any atom is -0.455 e. The minimum absolute atomic E-state index is 0.887. The Kier molecular flexibility index (Phi) is 4.09. The topological polar surface area (TPSA) is 26.0 Å². The van der Waals surface area contributed by atoms with Crippen LogP contribution in [0.5, 0.6) is 0 Å². The highest BCUT2D eigenvalue weighted by Gasteiger charge is 2.17. The second-order valence-corrected chi connectivity index (χ2v) is 8.89. The number of hydrogen-bond donors (Lipinski definition) is 0. The lowest BCUT2D eigenvalue weighted by Gasteiger charge is -2.13. The molecule has 2 heteroatoms. The van der Waals surface area contributed by atoms with Gasteiger partial charge < -0.3 is 4.42 Å². The summed E-state index contributed by atoms with van der Waals surface area (Å²) in [4.78, 5) is 5.18. The van der Waals surface area contributed by atoms with Gasteiger partial charge in [-0.1, -0.05) is 78.9 Å². The number of aromatic nitrogens is 1. The summed E-state index contributed by atoms with van der Waals surface area (Å²) in [6.45, 7) is 2.14. The second-order valence-electron chi connectivity index (χ2n) is 8.89. The molecule has 2 nitrogen and oxygen atoms in total. The fraction of sp³-hybridized carbons (Fsp3) is 0.0312. The van der Waals surface area contributed by atoms with E-state index < -0.39 is 0 Å². The summed E-state index contributed by atoms with van der Waals surface area (Å²) < 4.78 is 6.38. The van der Waals surface area contributed by atoms with Crippen LogP contribution >= 0.6 is 0 Å². The molecule has 0 amide bonds. The third kappa shape index (κ3) is 2.85. The lowest BCUT2D eigenvalue weighted by atomic mass is 9.94. The van der Waals surface area contributed by atoms with Crippen LogP contribution in [-0.2, 0) is 0 Å². The fourth-order valence-electron chi connectivity index (χ4n) is 5.15. The Morgan fingerprint density at radius 2 is 1.38 bits per heavy atom. The number of hydrogen-bond acceptors (Lipinski definition) is 2. The third-order valence-electron chi connectivity index (χ3n) is 6.68. The summed E-state index contributed by atoms with van der Waals surface area (Å²) in [5.41, 5.74) is 8.28. The molecule has 0 saturated carbocycles. The van der Waals surface area contributed by atoms with Gasteiger partial charge in [0, 0.05) is 21.7 Å². The van der Waals surface area contributed by atoms with Crippen molar-refractivity contribution in [3.05, 3.63) is 115 Å². The number of fused-ring (bicyclic) bond motifs is 6. The average Bonchev–Trinajstić information content (AvgIpc) is 3.26. The molecule has 0 saturated heterocycles. The van der Waals surface area contributed by atoms with Crippen molar-refractivity contribution in [2.75, 3.05) is 0 Å². The van der Waals surface area contributed by atoms with Crippen LogP contribution in [0.15, 0.2) is 114 Å². The number of benzene rings is 5. The van der Waals surface area contributed by atoms with E-state index in [2.05, 4.69) is 104 Å². The maximum atomic E-state index is 6.38. The molecule has 0 bridgehead atoms. The van der Waals surface area contributed by atoms with Gasteiger partial charge in [-0.15, -0.1) is 0 Å². The van der Waals surface area contributed by atoms with E-state index in [-0.39, 0.29) is 0 Å². The molecule has 0 radical (unpaired) electrons. The predicted molar refractivity (Wildman–Crippen MR) is 142 cm³/mol. The van der Waals surface area contributed by atoms with E-state index in [1.54, 1.807) is 0 Å². The molecule has 0 unspecified atom stereocenters. The van der Waals surface area contributed by atoms with E-state index in [1.165, 1.54) is 32.8 Å². The van der Waals surface area contributed by atoms with E-state index >= 15 is 0 Å². The summed E-state index contributed by atoms with van der Waals surface area (Å²) in [5.74, 6) is 0. The van der Waals surface area contributed by atoms with Gasteiger partial charge in [-0.25, -0.2) is 4.98 Å². The van der Waals surface area contributed by atoms with Gasteiger partial charge in [-0.05, 0) is 64.7 Å². The maximum absolute atomic E-state index is 6.38. The van der Waals surface area contributed by atoms with Gasteiger partial charge in [-0.2, -0.15) is 0 Å². The van der Waals surface area contributed by atoms with Crippen LogP contribution in [0.25, 0.3) is 66.0 Å². The molecule has 160 valence electrons. The first-order chi connectivity index (χ1) is 16.8. The van der Waals surface area contributed by atoms with Crippen LogP contribution in [0.1, 0.15) is 5.56 Å². The van der Waals surface area contributed by atoms with Crippen molar-refractivity contribution in [3.63, 3.8) is 0 Å². The highest BCUT2D eigenvalue weighted by Crippen LogP contribution is 2.40. The summed E-state index contributed by atoms with van der Waals surface area (Å²) >= 11 is 0. The Morgan fingerprint density at radius 3 is 2.26 bits per heavy atom. The van der Waals surface area contributed by atoms with Crippen LogP contribution in [0.2, 0.25) is 0 Å². The Labute approximate surface area is 197 Å². The number of rotatable bonds is 2. The van der Waals surface area contributed by atoms with Gasteiger partial charge in [-0.3, -0.25) is 0 Å². The smallest absolute Gasteiger partial charge is 0.144 e. The van der Waals surface area contributed by atoms with Gasteiger partial charge in [0.25, 0.3) is 0 Å². The van der Waals surface area contributed by atoms with Crippen molar-refractivity contribution in [2.24, 2.45) is 0 Å². The summed E-state index contributed by atoms with van der Waals surface area (Å²) in [5, 5.41) is 5.89. The van der Waals surface area contributed by atoms with Crippen molar-refractivity contribution in [3.8, 4) is 22.4 Å². The summed E-state index contributed by atoms with van der Waals surface area (Å²) in [7, 11) is 0. The minimum atomic E-state index is 0.887. The number of nitrogens with zero attached hydrogens (tertiary/aromatic N) is 1. The molecule has 0 fully saturated rings. The molecule has 5 aromatic carbocycles. The number of aryl methyl sites for hydroxylation is 1. The zero-order chi connectivity index (χ0) is 22.6. The van der Waals surface area contributed by atoms with Gasteiger partial charge in [0.2, 0.25) is 0 Å². The molecule has 0 aliphatic rings. The number of furan rings is 1. The van der Waals surface area contributed by atoms with Crippen LogP contribution in [-0.4, -0.2) is 4.98 Å². The SMILES string of the molecule is Cc1cc(-c2cc(-c3ccccc3)c3c(ccc4ccccc43)n2)c2oc3ccccc3c2c1. The van der Waals surface area contributed by atoms with E-state index in [4.69, 9.17) is 9.40 Å². The zero-order valence-corrected chi connectivity index (χ0v) is 18.7. The average molecular weight is 436 g/mol. The van der Waals surface area contributed by atoms with Crippen LogP contribution in [0.4, 0.5) is 0 Å². The third-order valence-corrected chi connectivity index (χ3v) is 6.68. The molecular weight excluding hydrogens is 414 g/mol. The van der Waals surface area contributed by atoms with Crippen LogP contribution in [0.3, 0.4) is 0 Å². The normalized spacial score (nSPS) is 11.7. The quantitative estimate of drug-likeness (QED) is 0.253. The predicted octanol–water partition coefficient (Wildman–Crippen LogP) is 8.93. The van der Waals surface area contributed by atoms with Crippen molar-refractivity contribution in [1.29, 1.82) is 0 Å². The number of pyridine rings is 1. The first-order valence-corrected chi connectivity index (χ1v) is 11.6. The van der Waals surface area contributed by atoms with Crippen LogP contribution in [0, 0.1) is 6.92 Å².